The van der Waals surface area contributed by atoms with Gasteiger partial charge in [-0.15, -0.1) is 0 Å². The van der Waals surface area contributed by atoms with Crippen molar-refractivity contribution in [1.82, 2.24) is 4.90 Å². The summed E-state index contributed by atoms with van der Waals surface area (Å²) in [5, 5.41) is 9.84. The molecule has 0 aliphatic carbocycles. The van der Waals surface area contributed by atoms with Crippen molar-refractivity contribution in [1.29, 1.82) is 0 Å². The Morgan fingerprint density at radius 1 is 1.58 bits per heavy atom. The monoisotopic (exact) mass is 189 g/mol. The summed E-state index contributed by atoms with van der Waals surface area (Å²) in [7, 11) is 0. The van der Waals surface area contributed by atoms with Crippen LogP contribution in [-0.4, -0.2) is 34.6 Å². The Morgan fingerprint density at radius 3 is 2.58 bits per heavy atom. The highest BCUT2D eigenvalue weighted by Crippen LogP contribution is 2.30. The lowest BCUT2D eigenvalue weighted by atomic mass is 9.83. The highest BCUT2D eigenvalue weighted by Gasteiger charge is 2.32. The number of piperidine rings is 1. The molecule has 12 heavy (non-hydrogen) atoms. The zero-order chi connectivity index (χ0) is 9.35. The van der Waals surface area contributed by atoms with E-state index in [1.807, 2.05) is 0 Å². The molecular weight excluding hydrogens is 170 g/mol. The van der Waals surface area contributed by atoms with Crippen LogP contribution in [0.25, 0.3) is 0 Å². The smallest absolute Gasteiger partial charge is 0.0673 e. The highest BCUT2D eigenvalue weighted by molar-refractivity contribution is 7.80. The fourth-order valence-electron chi connectivity index (χ4n) is 1.94. The molecule has 0 spiro atoms. The maximum Gasteiger partial charge on any atom is 0.0673 e. The minimum atomic E-state index is -0.177. The molecule has 2 nitrogen and oxygen atoms in total. The molecule has 0 radical (unpaired) electrons. The Bertz CT molecular complexity index is 159. The number of aliphatic hydroxyl groups is 1. The number of nitrogens with zero attached hydrogens (tertiary/aromatic N) is 1. The first-order valence-corrected chi connectivity index (χ1v) is 5.02. The summed E-state index contributed by atoms with van der Waals surface area (Å²) >= 11 is 4.37. The van der Waals surface area contributed by atoms with E-state index in [1.54, 1.807) is 0 Å². The molecule has 2 unspecified atom stereocenters. The second kappa shape index (κ2) is 3.56. The third-order valence-electron chi connectivity index (χ3n) is 2.39. The van der Waals surface area contributed by atoms with Gasteiger partial charge in [0, 0.05) is 13.1 Å². The minimum absolute atomic E-state index is 0.177. The SMILES string of the molecule is CC(S)N1CC(O)CC(C)(C)C1. The van der Waals surface area contributed by atoms with Gasteiger partial charge in [-0.3, -0.25) is 4.90 Å². The number of thiol groups is 1. The van der Waals surface area contributed by atoms with Crippen molar-refractivity contribution in [3.8, 4) is 0 Å². The summed E-state index contributed by atoms with van der Waals surface area (Å²) in [5.41, 5.74) is 0.231. The lowest BCUT2D eigenvalue weighted by Gasteiger charge is -2.42. The third-order valence-corrected chi connectivity index (χ3v) is 2.72. The van der Waals surface area contributed by atoms with Crippen LogP contribution in [0, 0.1) is 5.41 Å². The predicted molar refractivity (Wildman–Crippen MR) is 54.4 cm³/mol. The lowest BCUT2D eigenvalue weighted by molar-refractivity contribution is 0.00397. The van der Waals surface area contributed by atoms with Crippen LogP contribution >= 0.6 is 12.6 Å². The van der Waals surface area contributed by atoms with E-state index in [9.17, 15) is 5.11 Å². The largest absolute Gasteiger partial charge is 0.392 e. The Kier molecular flexibility index (Phi) is 3.07. The van der Waals surface area contributed by atoms with Gasteiger partial charge in [0.05, 0.1) is 11.5 Å². The quantitative estimate of drug-likeness (QED) is 0.608. The van der Waals surface area contributed by atoms with Crippen molar-refractivity contribution in [2.75, 3.05) is 13.1 Å². The maximum absolute atomic E-state index is 9.59. The van der Waals surface area contributed by atoms with Crippen molar-refractivity contribution >= 4 is 12.6 Å². The second-order valence-electron chi connectivity index (χ2n) is 4.58. The van der Waals surface area contributed by atoms with E-state index in [0.29, 0.717) is 0 Å². The molecular formula is C9H19NOS. The van der Waals surface area contributed by atoms with Gasteiger partial charge in [0.25, 0.3) is 0 Å². The molecule has 0 aromatic carbocycles. The molecule has 1 aliphatic heterocycles. The molecule has 0 bridgehead atoms. The van der Waals surface area contributed by atoms with Crippen LogP contribution in [0.5, 0.6) is 0 Å². The summed E-state index contributed by atoms with van der Waals surface area (Å²) < 4.78 is 0. The first kappa shape index (κ1) is 10.4. The molecule has 1 aliphatic rings. The van der Waals surface area contributed by atoms with Gasteiger partial charge in [-0.2, -0.15) is 12.6 Å². The standard InChI is InChI=1S/C9H19NOS/c1-7(12)10-5-8(11)4-9(2,3)6-10/h7-8,11-12H,4-6H2,1-3H3. The summed E-state index contributed by atoms with van der Waals surface area (Å²) in [6, 6.07) is 0. The van der Waals surface area contributed by atoms with Crippen molar-refractivity contribution in [2.24, 2.45) is 5.41 Å². The molecule has 0 amide bonds. The van der Waals surface area contributed by atoms with E-state index >= 15 is 0 Å². The molecule has 0 aromatic rings. The van der Waals surface area contributed by atoms with E-state index in [4.69, 9.17) is 0 Å². The maximum atomic E-state index is 9.59. The fraction of sp³-hybridized carbons (Fsp3) is 1.00. The van der Waals surface area contributed by atoms with E-state index in [2.05, 4.69) is 38.3 Å². The topological polar surface area (TPSA) is 23.5 Å². The van der Waals surface area contributed by atoms with Gasteiger partial charge in [0.2, 0.25) is 0 Å². The van der Waals surface area contributed by atoms with E-state index in [0.717, 1.165) is 19.5 Å². The van der Waals surface area contributed by atoms with Crippen LogP contribution in [0.2, 0.25) is 0 Å². The molecule has 1 N–H and O–H groups in total. The van der Waals surface area contributed by atoms with E-state index in [-0.39, 0.29) is 16.9 Å². The molecule has 1 heterocycles. The number of hydrogen-bond donors (Lipinski definition) is 2. The fourth-order valence-corrected chi connectivity index (χ4v) is 2.11. The van der Waals surface area contributed by atoms with Gasteiger partial charge in [0.15, 0.2) is 0 Å². The van der Waals surface area contributed by atoms with Gasteiger partial charge in [-0.1, -0.05) is 13.8 Å². The number of hydrogen-bond acceptors (Lipinski definition) is 3. The number of β-amino-alcohol motifs (C(OH)–C–C–N with tert-alkyl or cyclic N) is 1. The Labute approximate surface area is 80.4 Å². The first-order valence-electron chi connectivity index (χ1n) is 4.51. The first-order chi connectivity index (χ1) is 5.41. The summed E-state index contributed by atoms with van der Waals surface area (Å²) in [6.45, 7) is 8.25. The average molecular weight is 189 g/mol. The number of likely N-dealkylation sites (tertiary alicyclic amines) is 1. The Hall–Kier alpha value is 0.270. The Morgan fingerprint density at radius 2 is 2.17 bits per heavy atom. The summed E-state index contributed by atoms with van der Waals surface area (Å²) in [4.78, 5) is 2.22. The number of aliphatic hydroxyl groups excluding tert-OH is 1. The molecule has 72 valence electrons. The van der Waals surface area contributed by atoms with Gasteiger partial charge >= 0.3 is 0 Å². The van der Waals surface area contributed by atoms with Gasteiger partial charge in [-0.25, -0.2) is 0 Å². The van der Waals surface area contributed by atoms with Gasteiger partial charge in [0.1, 0.15) is 0 Å². The number of rotatable bonds is 1. The third kappa shape index (κ3) is 2.64. The molecule has 1 rings (SSSR count). The molecule has 1 fully saturated rings. The van der Waals surface area contributed by atoms with Crippen LogP contribution in [-0.2, 0) is 0 Å². The van der Waals surface area contributed by atoms with Gasteiger partial charge in [-0.05, 0) is 18.8 Å². The van der Waals surface area contributed by atoms with Crippen LogP contribution in [0.4, 0.5) is 0 Å². The van der Waals surface area contributed by atoms with Gasteiger partial charge < -0.3 is 5.11 Å². The van der Waals surface area contributed by atoms with Crippen LogP contribution in [0.3, 0.4) is 0 Å². The average Bonchev–Trinajstić information content (AvgIpc) is 1.82. The Balaban J connectivity index is 2.58. The van der Waals surface area contributed by atoms with Crippen LogP contribution in [0.1, 0.15) is 27.2 Å². The van der Waals surface area contributed by atoms with Crippen molar-refractivity contribution < 1.29 is 5.11 Å². The van der Waals surface area contributed by atoms with E-state index in [1.165, 1.54) is 0 Å². The van der Waals surface area contributed by atoms with Crippen molar-refractivity contribution in [2.45, 2.75) is 38.7 Å². The van der Waals surface area contributed by atoms with Crippen LogP contribution < -0.4 is 0 Å². The molecule has 0 aromatic heterocycles. The molecule has 3 heteroatoms. The van der Waals surface area contributed by atoms with Crippen molar-refractivity contribution in [3.05, 3.63) is 0 Å². The van der Waals surface area contributed by atoms with Crippen molar-refractivity contribution in [3.63, 3.8) is 0 Å². The summed E-state index contributed by atoms with van der Waals surface area (Å²) in [6.07, 6.45) is 0.729. The molecule has 0 saturated carbocycles. The second-order valence-corrected chi connectivity index (χ2v) is 5.33. The predicted octanol–water partition coefficient (Wildman–Crippen LogP) is 1.35. The van der Waals surface area contributed by atoms with Crippen LogP contribution in [0.15, 0.2) is 0 Å². The lowest BCUT2D eigenvalue weighted by Crippen LogP contribution is -2.49. The zero-order valence-corrected chi connectivity index (χ0v) is 9.01. The normalized spacial score (nSPS) is 33.2. The highest BCUT2D eigenvalue weighted by atomic mass is 32.1. The van der Waals surface area contributed by atoms with E-state index < -0.39 is 0 Å². The summed E-state index contributed by atoms with van der Waals surface area (Å²) in [5.74, 6) is 0. The molecule has 2 atom stereocenters. The minimum Gasteiger partial charge on any atom is -0.392 e. The molecule has 1 saturated heterocycles. The zero-order valence-electron chi connectivity index (χ0n) is 8.12.